The summed E-state index contributed by atoms with van der Waals surface area (Å²) in [6, 6.07) is 7.31. The summed E-state index contributed by atoms with van der Waals surface area (Å²) in [4.78, 5) is 11.4. The zero-order valence-electron chi connectivity index (χ0n) is 9.20. The third kappa shape index (κ3) is 1.94. The van der Waals surface area contributed by atoms with E-state index in [-0.39, 0.29) is 0 Å². The van der Waals surface area contributed by atoms with Gasteiger partial charge in [0.15, 0.2) is 0 Å². The largest absolute Gasteiger partial charge is 0.496 e. The molecular weight excluding hydrogens is 192 g/mol. The third-order valence-corrected chi connectivity index (χ3v) is 2.64. The van der Waals surface area contributed by atoms with E-state index in [1.165, 1.54) is 0 Å². The van der Waals surface area contributed by atoms with E-state index in [0.29, 0.717) is 5.75 Å². The van der Waals surface area contributed by atoms with Gasteiger partial charge in [0, 0.05) is 5.56 Å². The van der Waals surface area contributed by atoms with E-state index < -0.39 is 11.4 Å². The number of nitrogens with one attached hydrogen (secondary N) is 1. The van der Waals surface area contributed by atoms with Crippen LogP contribution in [0.5, 0.6) is 5.75 Å². The van der Waals surface area contributed by atoms with Crippen molar-refractivity contribution in [1.82, 2.24) is 5.32 Å². The lowest BCUT2D eigenvalue weighted by Crippen LogP contribution is -2.48. The second kappa shape index (κ2) is 4.31. The minimum atomic E-state index is -0.910. The lowest BCUT2D eigenvalue weighted by Gasteiger charge is -2.27. The summed E-state index contributed by atoms with van der Waals surface area (Å²) in [7, 11) is 3.26. The molecule has 0 aliphatic carbocycles. The quantitative estimate of drug-likeness (QED) is 0.762. The highest BCUT2D eigenvalue weighted by atomic mass is 16.5. The Bertz CT molecular complexity index is 365. The molecule has 1 amide bonds. The molecule has 4 nitrogen and oxygen atoms in total. The standard InChI is InChI=1S/C11H16N2O2/c1-11(13-2,10(12)14)8-6-4-5-7-9(8)15-3/h4-7,13H,1-3H3,(H2,12,14). The summed E-state index contributed by atoms with van der Waals surface area (Å²) in [5.74, 6) is 0.211. The number of hydrogen-bond acceptors (Lipinski definition) is 3. The number of benzene rings is 1. The zero-order chi connectivity index (χ0) is 11.5. The fourth-order valence-corrected chi connectivity index (χ4v) is 1.45. The first-order valence-electron chi connectivity index (χ1n) is 4.68. The van der Waals surface area contributed by atoms with Crippen molar-refractivity contribution in [2.75, 3.05) is 14.2 Å². The van der Waals surface area contributed by atoms with E-state index in [2.05, 4.69) is 5.32 Å². The lowest BCUT2D eigenvalue weighted by atomic mass is 9.90. The molecule has 0 radical (unpaired) electrons. The maximum atomic E-state index is 11.4. The van der Waals surface area contributed by atoms with Gasteiger partial charge in [-0.25, -0.2) is 0 Å². The van der Waals surface area contributed by atoms with Crippen molar-refractivity contribution < 1.29 is 9.53 Å². The summed E-state index contributed by atoms with van der Waals surface area (Å²) in [5, 5.41) is 2.91. The van der Waals surface area contributed by atoms with Crippen molar-refractivity contribution in [1.29, 1.82) is 0 Å². The number of nitrogens with two attached hydrogens (primary N) is 1. The van der Waals surface area contributed by atoms with Crippen molar-refractivity contribution >= 4 is 5.91 Å². The van der Waals surface area contributed by atoms with Crippen molar-refractivity contribution in [3.63, 3.8) is 0 Å². The van der Waals surface area contributed by atoms with Gasteiger partial charge in [0.05, 0.1) is 7.11 Å². The van der Waals surface area contributed by atoms with Crippen molar-refractivity contribution in [3.05, 3.63) is 29.8 Å². The average Bonchev–Trinajstić information content (AvgIpc) is 2.27. The molecule has 0 saturated heterocycles. The van der Waals surface area contributed by atoms with Gasteiger partial charge in [-0.15, -0.1) is 0 Å². The molecule has 0 aromatic heterocycles. The highest BCUT2D eigenvalue weighted by Crippen LogP contribution is 2.28. The molecule has 0 aliphatic rings. The summed E-state index contributed by atoms with van der Waals surface area (Å²) in [5.41, 5.74) is 5.21. The van der Waals surface area contributed by atoms with Crippen LogP contribution in [0, 0.1) is 0 Å². The SMILES string of the molecule is CNC(C)(C(N)=O)c1ccccc1OC. The molecule has 82 valence electrons. The van der Waals surface area contributed by atoms with Crippen LogP contribution in [0.25, 0.3) is 0 Å². The Kier molecular flexibility index (Phi) is 3.31. The van der Waals surface area contributed by atoms with Gasteiger partial charge < -0.3 is 15.8 Å². The molecule has 1 aromatic carbocycles. The smallest absolute Gasteiger partial charge is 0.242 e. The number of ether oxygens (including phenoxy) is 1. The highest BCUT2D eigenvalue weighted by molar-refractivity contribution is 5.86. The van der Waals surface area contributed by atoms with Crippen molar-refractivity contribution in [2.24, 2.45) is 5.73 Å². The molecule has 15 heavy (non-hydrogen) atoms. The minimum Gasteiger partial charge on any atom is -0.496 e. The molecule has 1 atom stereocenters. The molecule has 0 saturated carbocycles. The molecule has 0 heterocycles. The lowest BCUT2D eigenvalue weighted by molar-refractivity contribution is -0.124. The van der Waals surface area contributed by atoms with Gasteiger partial charge in [-0.2, -0.15) is 0 Å². The van der Waals surface area contributed by atoms with Gasteiger partial charge in [-0.1, -0.05) is 18.2 Å². The number of carbonyl (C=O) groups is 1. The van der Waals surface area contributed by atoms with Crippen molar-refractivity contribution in [3.8, 4) is 5.75 Å². The number of para-hydroxylation sites is 1. The number of carbonyl (C=O) groups excluding carboxylic acids is 1. The Labute approximate surface area is 89.4 Å². The second-order valence-electron chi connectivity index (χ2n) is 3.44. The number of methoxy groups -OCH3 is 1. The van der Waals surface area contributed by atoms with Crippen LogP contribution in [0.2, 0.25) is 0 Å². The minimum absolute atomic E-state index is 0.436. The Morgan fingerprint density at radius 3 is 2.53 bits per heavy atom. The van der Waals surface area contributed by atoms with Gasteiger partial charge in [0.2, 0.25) is 5.91 Å². The zero-order valence-corrected chi connectivity index (χ0v) is 9.20. The van der Waals surface area contributed by atoms with E-state index in [1.54, 1.807) is 27.1 Å². The van der Waals surface area contributed by atoms with Crippen LogP contribution in [0.3, 0.4) is 0 Å². The summed E-state index contributed by atoms with van der Waals surface area (Å²) in [6.07, 6.45) is 0. The Hall–Kier alpha value is -1.55. The van der Waals surface area contributed by atoms with E-state index in [4.69, 9.17) is 10.5 Å². The van der Waals surface area contributed by atoms with Gasteiger partial charge in [-0.05, 0) is 20.0 Å². The van der Waals surface area contributed by atoms with Crippen LogP contribution in [0.15, 0.2) is 24.3 Å². The monoisotopic (exact) mass is 208 g/mol. The number of hydrogen-bond donors (Lipinski definition) is 2. The fourth-order valence-electron chi connectivity index (χ4n) is 1.45. The molecular formula is C11H16N2O2. The van der Waals surface area contributed by atoms with Crippen LogP contribution in [0.1, 0.15) is 12.5 Å². The van der Waals surface area contributed by atoms with Gasteiger partial charge in [0.1, 0.15) is 11.3 Å². The van der Waals surface area contributed by atoms with Gasteiger partial charge in [-0.3, -0.25) is 4.79 Å². The molecule has 0 bridgehead atoms. The van der Waals surface area contributed by atoms with Crippen LogP contribution < -0.4 is 15.8 Å². The van der Waals surface area contributed by atoms with Gasteiger partial charge >= 0.3 is 0 Å². The van der Waals surface area contributed by atoms with Crippen LogP contribution in [0.4, 0.5) is 0 Å². The third-order valence-electron chi connectivity index (χ3n) is 2.64. The number of primary amides is 1. The Morgan fingerprint density at radius 2 is 2.07 bits per heavy atom. The normalized spacial score (nSPS) is 14.3. The van der Waals surface area contributed by atoms with E-state index in [9.17, 15) is 4.79 Å². The molecule has 4 heteroatoms. The molecule has 1 aromatic rings. The molecule has 3 N–H and O–H groups in total. The maximum absolute atomic E-state index is 11.4. The average molecular weight is 208 g/mol. The van der Waals surface area contributed by atoms with Crippen LogP contribution >= 0.6 is 0 Å². The fraction of sp³-hybridized carbons (Fsp3) is 0.364. The van der Waals surface area contributed by atoms with E-state index in [1.807, 2.05) is 18.2 Å². The number of likely N-dealkylation sites (N-methyl/N-ethyl adjacent to an activating group) is 1. The predicted octanol–water partition coefficient (Wildman–Crippen LogP) is 0.615. The first-order valence-corrected chi connectivity index (χ1v) is 4.68. The maximum Gasteiger partial charge on any atom is 0.242 e. The summed E-state index contributed by atoms with van der Waals surface area (Å²) < 4.78 is 5.20. The van der Waals surface area contributed by atoms with E-state index in [0.717, 1.165) is 5.56 Å². The molecule has 1 rings (SSSR count). The second-order valence-corrected chi connectivity index (χ2v) is 3.44. The van der Waals surface area contributed by atoms with Gasteiger partial charge in [0.25, 0.3) is 0 Å². The Morgan fingerprint density at radius 1 is 1.47 bits per heavy atom. The van der Waals surface area contributed by atoms with Crippen molar-refractivity contribution in [2.45, 2.75) is 12.5 Å². The first kappa shape index (κ1) is 11.5. The topological polar surface area (TPSA) is 64.3 Å². The first-order chi connectivity index (χ1) is 7.06. The molecule has 0 spiro atoms. The Balaban J connectivity index is 3.29. The molecule has 1 unspecified atom stereocenters. The number of amides is 1. The van der Waals surface area contributed by atoms with Crippen LogP contribution in [-0.4, -0.2) is 20.1 Å². The van der Waals surface area contributed by atoms with E-state index >= 15 is 0 Å². The summed E-state index contributed by atoms with van der Waals surface area (Å²) in [6.45, 7) is 1.73. The molecule has 0 aliphatic heterocycles. The number of rotatable bonds is 4. The summed E-state index contributed by atoms with van der Waals surface area (Å²) >= 11 is 0. The highest BCUT2D eigenvalue weighted by Gasteiger charge is 2.33. The molecule has 0 fully saturated rings. The van der Waals surface area contributed by atoms with Crippen LogP contribution in [-0.2, 0) is 10.3 Å². The predicted molar refractivity (Wildman–Crippen MR) is 58.6 cm³/mol.